The van der Waals surface area contributed by atoms with E-state index in [1.165, 1.54) is 0 Å². The van der Waals surface area contributed by atoms with Crippen molar-refractivity contribution in [1.29, 1.82) is 0 Å². The van der Waals surface area contributed by atoms with Crippen LogP contribution in [0.2, 0.25) is 0 Å². The van der Waals surface area contributed by atoms with Crippen LogP contribution in [0, 0.1) is 5.92 Å². The monoisotopic (exact) mass is 316 g/mol. The first-order valence-electron chi connectivity index (χ1n) is 5.87. The second-order valence-electron chi connectivity index (χ2n) is 4.35. The van der Waals surface area contributed by atoms with Crippen LogP contribution >= 0.6 is 0 Å². The number of hydrogen-bond donors (Lipinski definition) is 0. The molecule has 0 N–H and O–H groups in total. The molecule has 1 saturated carbocycles. The highest BCUT2D eigenvalue weighted by Crippen LogP contribution is 2.25. The molecule has 1 aliphatic carbocycles. The van der Waals surface area contributed by atoms with E-state index in [-0.39, 0.29) is 0 Å². The van der Waals surface area contributed by atoms with Gasteiger partial charge in [0.25, 0.3) is 0 Å². The lowest BCUT2D eigenvalue weighted by atomic mass is 9.89. The number of hydrogen-bond acceptors (Lipinski definition) is 5. The summed E-state index contributed by atoms with van der Waals surface area (Å²) in [4.78, 5) is 11.5. The summed E-state index contributed by atoms with van der Waals surface area (Å²) in [5.41, 5.74) is -5.64. The predicted molar refractivity (Wildman–Crippen MR) is 59.9 cm³/mol. The molecule has 1 fully saturated rings. The Bertz CT molecular complexity index is 480. The van der Waals surface area contributed by atoms with Crippen LogP contribution in [0.1, 0.15) is 32.1 Å². The van der Waals surface area contributed by atoms with Crippen molar-refractivity contribution in [2.24, 2.45) is 10.3 Å². The fourth-order valence-electron chi connectivity index (χ4n) is 1.80. The predicted octanol–water partition coefficient (Wildman–Crippen LogP) is 0.718. The second-order valence-corrected chi connectivity index (χ2v) is 5.94. The summed E-state index contributed by atoms with van der Waals surface area (Å²) in [5, 5.41) is 11.0. The van der Waals surface area contributed by atoms with Crippen LogP contribution in [0.25, 0.3) is 0 Å². The zero-order valence-electron chi connectivity index (χ0n) is 10.4. The van der Waals surface area contributed by atoms with Crippen molar-refractivity contribution < 1.29 is 36.2 Å². The van der Waals surface area contributed by atoms with Crippen molar-refractivity contribution in [2.75, 3.05) is 6.61 Å². The number of carbonyl (C=O) groups excluding carboxylic acids is 1. The molecule has 1 aliphatic rings. The first kappa shape index (κ1) is 16.7. The van der Waals surface area contributed by atoms with E-state index in [0.29, 0.717) is 12.8 Å². The minimum Gasteiger partial charge on any atom is -0.859 e. The van der Waals surface area contributed by atoms with E-state index in [1.807, 2.05) is 4.40 Å². The molecular formula is C10H13F3NO5S-. The van der Waals surface area contributed by atoms with Crippen LogP contribution < -0.4 is 5.11 Å². The van der Waals surface area contributed by atoms with Crippen molar-refractivity contribution in [3.05, 3.63) is 0 Å². The quantitative estimate of drug-likeness (QED) is 0.432. The SMILES string of the molecule is O=C(OC/C([O-])=N/S(=O)(=O)C(F)(F)F)C1CCCCC1. The maximum absolute atomic E-state index is 11.9. The molecule has 1 rings (SSSR count). The Kier molecular flexibility index (Phi) is 5.37. The normalized spacial score (nSPS) is 18.9. The molecular weight excluding hydrogens is 303 g/mol. The molecule has 0 aromatic rings. The van der Waals surface area contributed by atoms with E-state index in [9.17, 15) is 31.5 Å². The highest BCUT2D eigenvalue weighted by atomic mass is 32.2. The summed E-state index contributed by atoms with van der Waals surface area (Å²) in [6, 6.07) is 0. The third kappa shape index (κ3) is 4.66. The van der Waals surface area contributed by atoms with Crippen LogP contribution in [-0.4, -0.2) is 32.4 Å². The molecule has 0 spiro atoms. The Morgan fingerprint density at radius 2 is 1.80 bits per heavy atom. The maximum atomic E-state index is 11.9. The standard InChI is InChI=1S/C10H14F3NO5S/c11-10(12,13)20(17,18)14-8(15)6-19-9(16)7-4-2-1-3-5-7/h7H,1-6H2,(H,14,15)/p-1. The van der Waals surface area contributed by atoms with Gasteiger partial charge in [-0.2, -0.15) is 26.0 Å². The summed E-state index contributed by atoms with van der Waals surface area (Å²) < 4.78 is 63.5. The van der Waals surface area contributed by atoms with Crippen LogP contribution in [-0.2, 0) is 19.6 Å². The average molecular weight is 316 g/mol. The third-order valence-electron chi connectivity index (χ3n) is 2.79. The number of sulfonamides is 1. The zero-order chi connectivity index (χ0) is 15.4. The minimum absolute atomic E-state index is 0.393. The number of esters is 1. The number of halogens is 3. The highest BCUT2D eigenvalue weighted by Gasteiger charge is 2.45. The number of carbonyl (C=O) groups is 1. The van der Waals surface area contributed by atoms with Crippen LogP contribution in [0.4, 0.5) is 13.2 Å². The van der Waals surface area contributed by atoms with Gasteiger partial charge >= 0.3 is 21.5 Å². The van der Waals surface area contributed by atoms with E-state index >= 15 is 0 Å². The zero-order valence-corrected chi connectivity index (χ0v) is 11.2. The number of rotatable bonds is 4. The van der Waals surface area contributed by atoms with Crippen molar-refractivity contribution in [2.45, 2.75) is 37.6 Å². The van der Waals surface area contributed by atoms with Crippen molar-refractivity contribution in [3.63, 3.8) is 0 Å². The number of nitrogens with zero attached hydrogens (tertiary/aromatic N) is 1. The fourth-order valence-corrected chi connectivity index (χ4v) is 2.23. The van der Waals surface area contributed by atoms with E-state index in [0.717, 1.165) is 19.3 Å². The molecule has 0 radical (unpaired) electrons. The fraction of sp³-hybridized carbons (Fsp3) is 0.800. The first-order valence-corrected chi connectivity index (χ1v) is 7.31. The van der Waals surface area contributed by atoms with Gasteiger partial charge in [-0.3, -0.25) is 4.79 Å². The topological polar surface area (TPSA) is 95.9 Å². The lowest BCUT2D eigenvalue weighted by Gasteiger charge is -2.20. The second kappa shape index (κ2) is 6.42. The molecule has 0 saturated heterocycles. The van der Waals surface area contributed by atoms with Crippen molar-refractivity contribution in [3.8, 4) is 0 Å². The molecule has 10 heteroatoms. The Morgan fingerprint density at radius 3 is 2.30 bits per heavy atom. The average Bonchev–Trinajstić information content (AvgIpc) is 2.35. The molecule has 0 aromatic carbocycles. The smallest absolute Gasteiger partial charge is 0.518 e. The molecule has 20 heavy (non-hydrogen) atoms. The van der Waals surface area contributed by atoms with E-state index in [1.54, 1.807) is 0 Å². The molecule has 0 heterocycles. The summed E-state index contributed by atoms with van der Waals surface area (Å²) in [6.45, 7) is -1.11. The molecule has 0 atom stereocenters. The summed E-state index contributed by atoms with van der Waals surface area (Å²) >= 11 is 0. The van der Waals surface area contributed by atoms with E-state index < -0.39 is 39.9 Å². The molecule has 6 nitrogen and oxygen atoms in total. The largest absolute Gasteiger partial charge is 0.859 e. The Labute approximate surface area is 113 Å². The van der Waals surface area contributed by atoms with Gasteiger partial charge in [0.05, 0.1) is 5.92 Å². The van der Waals surface area contributed by atoms with Gasteiger partial charge in [-0.05, 0) is 12.8 Å². The van der Waals surface area contributed by atoms with Crippen molar-refractivity contribution >= 4 is 21.9 Å². The van der Waals surface area contributed by atoms with Crippen molar-refractivity contribution in [1.82, 2.24) is 0 Å². The number of alkyl halides is 3. The Morgan fingerprint density at radius 1 is 1.25 bits per heavy atom. The molecule has 0 aliphatic heterocycles. The van der Waals surface area contributed by atoms with Gasteiger partial charge in [-0.1, -0.05) is 19.3 Å². The van der Waals surface area contributed by atoms with Gasteiger partial charge in [0.1, 0.15) is 6.61 Å². The molecule has 0 bridgehead atoms. The highest BCUT2D eigenvalue weighted by molar-refractivity contribution is 7.91. The molecule has 116 valence electrons. The third-order valence-corrected chi connectivity index (χ3v) is 3.82. The minimum atomic E-state index is -5.89. The van der Waals surface area contributed by atoms with Crippen LogP contribution in [0.15, 0.2) is 4.40 Å². The van der Waals surface area contributed by atoms with E-state index in [4.69, 9.17) is 0 Å². The van der Waals surface area contributed by atoms with Gasteiger partial charge < -0.3 is 9.84 Å². The number of ether oxygens (including phenoxy) is 1. The lowest BCUT2D eigenvalue weighted by Crippen LogP contribution is -2.32. The van der Waals surface area contributed by atoms with Gasteiger partial charge in [0, 0.05) is 5.90 Å². The van der Waals surface area contributed by atoms with E-state index in [2.05, 4.69) is 4.74 Å². The maximum Gasteiger partial charge on any atom is 0.518 e. The molecule has 0 unspecified atom stereocenters. The summed E-state index contributed by atoms with van der Waals surface area (Å²) in [6.07, 6.45) is 3.83. The summed E-state index contributed by atoms with van der Waals surface area (Å²) in [5.74, 6) is -2.76. The first-order chi connectivity index (χ1) is 9.13. The van der Waals surface area contributed by atoms with Gasteiger partial charge in [-0.15, -0.1) is 0 Å². The van der Waals surface area contributed by atoms with Crippen LogP contribution in [0.5, 0.6) is 0 Å². The lowest BCUT2D eigenvalue weighted by molar-refractivity contribution is -0.223. The Balaban J connectivity index is 2.54. The Hall–Kier alpha value is -1.32. The molecule has 0 amide bonds. The van der Waals surface area contributed by atoms with Gasteiger partial charge in [-0.25, -0.2) is 0 Å². The van der Waals surface area contributed by atoms with Gasteiger partial charge in [0.2, 0.25) is 0 Å². The summed E-state index contributed by atoms with van der Waals surface area (Å²) in [7, 11) is -5.89. The molecule has 0 aromatic heterocycles. The van der Waals surface area contributed by atoms with Gasteiger partial charge in [0.15, 0.2) is 0 Å². The van der Waals surface area contributed by atoms with Crippen LogP contribution in [0.3, 0.4) is 0 Å².